The van der Waals surface area contributed by atoms with E-state index in [1.807, 2.05) is 0 Å². The quantitative estimate of drug-likeness (QED) is 0.722. The molecule has 0 saturated carbocycles. The standard InChI is InChI=1S/C10H8ClFN2O/c11-8-2-1-3-9(12)7(8)6-14-5-4-10(15)13-14/h1-3,6H,4-5H2/p+1/b14-6+. The Kier molecular flexibility index (Phi) is 2.68. The van der Waals surface area contributed by atoms with Gasteiger partial charge in [0, 0.05) is 0 Å². The maximum Gasteiger partial charge on any atom is 0.280 e. The minimum atomic E-state index is -0.399. The van der Waals surface area contributed by atoms with E-state index in [2.05, 4.69) is 5.43 Å². The van der Waals surface area contributed by atoms with E-state index in [1.54, 1.807) is 6.07 Å². The zero-order valence-corrected chi connectivity index (χ0v) is 8.59. The SMILES string of the molecule is O=C1CC/[N+](=C\c2c(F)cccc2Cl)N1. The number of hydrazone groups is 1. The molecule has 78 valence electrons. The topological polar surface area (TPSA) is 32.1 Å². The van der Waals surface area contributed by atoms with Crippen LogP contribution in [0.4, 0.5) is 4.39 Å². The van der Waals surface area contributed by atoms with Gasteiger partial charge in [0.2, 0.25) is 6.21 Å². The van der Waals surface area contributed by atoms with Crippen LogP contribution in [0, 0.1) is 5.82 Å². The molecule has 1 aromatic rings. The summed E-state index contributed by atoms with van der Waals surface area (Å²) in [6.45, 7) is 0.531. The molecular weight excluding hydrogens is 219 g/mol. The Labute approximate surface area is 91.1 Å². The van der Waals surface area contributed by atoms with Crippen LogP contribution >= 0.6 is 11.6 Å². The molecule has 3 nitrogen and oxygen atoms in total. The maximum atomic E-state index is 13.3. The highest BCUT2D eigenvalue weighted by molar-refractivity contribution is 6.32. The molecule has 15 heavy (non-hydrogen) atoms. The van der Waals surface area contributed by atoms with Crippen molar-refractivity contribution in [3.63, 3.8) is 0 Å². The van der Waals surface area contributed by atoms with Crippen LogP contribution < -0.4 is 5.43 Å². The van der Waals surface area contributed by atoms with E-state index in [0.717, 1.165) is 0 Å². The Balaban J connectivity index is 2.35. The average Bonchev–Trinajstić information content (AvgIpc) is 2.58. The fraction of sp³-hybridized carbons (Fsp3) is 0.200. The number of nitrogens with one attached hydrogen (secondary N) is 1. The molecule has 0 unspecified atom stereocenters. The molecule has 1 saturated heterocycles. The number of carbonyl (C=O) groups excluding carboxylic acids is 1. The van der Waals surface area contributed by atoms with Crippen LogP contribution in [-0.2, 0) is 4.79 Å². The summed E-state index contributed by atoms with van der Waals surface area (Å²) in [6, 6.07) is 4.47. The number of halogens is 2. The average molecular weight is 228 g/mol. The third-order valence-electron chi connectivity index (χ3n) is 2.13. The lowest BCUT2D eigenvalue weighted by Gasteiger charge is -1.97. The number of nitrogens with zero attached hydrogens (tertiary/aromatic N) is 1. The Bertz CT molecular complexity index is 425. The Morgan fingerprint density at radius 3 is 2.93 bits per heavy atom. The van der Waals surface area contributed by atoms with Crippen molar-refractivity contribution >= 4 is 23.7 Å². The fourth-order valence-electron chi connectivity index (χ4n) is 1.38. The van der Waals surface area contributed by atoms with E-state index >= 15 is 0 Å². The van der Waals surface area contributed by atoms with Crippen molar-refractivity contribution in [2.75, 3.05) is 6.54 Å². The number of benzene rings is 1. The second kappa shape index (κ2) is 3.98. The molecule has 1 fully saturated rings. The van der Waals surface area contributed by atoms with Crippen molar-refractivity contribution in [1.29, 1.82) is 0 Å². The highest BCUT2D eigenvalue weighted by Crippen LogP contribution is 2.16. The third kappa shape index (κ3) is 2.15. The van der Waals surface area contributed by atoms with Gasteiger partial charge < -0.3 is 0 Å². The van der Waals surface area contributed by atoms with Crippen molar-refractivity contribution in [3.05, 3.63) is 34.6 Å². The van der Waals surface area contributed by atoms with Gasteiger partial charge in [0.1, 0.15) is 5.82 Å². The summed E-state index contributed by atoms with van der Waals surface area (Å²) in [6.07, 6.45) is 1.92. The van der Waals surface area contributed by atoms with Gasteiger partial charge in [0.15, 0.2) is 6.54 Å². The largest absolute Gasteiger partial charge is 0.280 e. The van der Waals surface area contributed by atoms with Crippen molar-refractivity contribution in [2.45, 2.75) is 6.42 Å². The number of hydrogen-bond acceptors (Lipinski definition) is 1. The second-order valence-corrected chi connectivity index (χ2v) is 3.65. The molecule has 1 N–H and O–H groups in total. The summed E-state index contributed by atoms with van der Waals surface area (Å²) in [5.74, 6) is -0.470. The normalized spacial score (nSPS) is 18.3. The van der Waals surface area contributed by atoms with Crippen LogP contribution in [0.1, 0.15) is 12.0 Å². The lowest BCUT2D eigenvalue weighted by Crippen LogP contribution is -2.25. The van der Waals surface area contributed by atoms with Crippen LogP contribution in [0.2, 0.25) is 5.02 Å². The molecule has 1 aliphatic rings. The van der Waals surface area contributed by atoms with Gasteiger partial charge in [-0.2, -0.15) is 0 Å². The molecule has 0 bridgehead atoms. The molecule has 1 aromatic carbocycles. The van der Waals surface area contributed by atoms with Gasteiger partial charge in [-0.3, -0.25) is 4.79 Å². The lowest BCUT2D eigenvalue weighted by atomic mass is 10.2. The highest BCUT2D eigenvalue weighted by Gasteiger charge is 2.22. The minimum Gasteiger partial charge on any atom is -0.269 e. The molecule has 1 heterocycles. The van der Waals surface area contributed by atoms with E-state index in [1.165, 1.54) is 23.0 Å². The van der Waals surface area contributed by atoms with Crippen molar-refractivity contribution in [2.24, 2.45) is 0 Å². The number of amides is 1. The molecule has 5 heteroatoms. The second-order valence-electron chi connectivity index (χ2n) is 3.24. The van der Waals surface area contributed by atoms with Crippen LogP contribution in [0.25, 0.3) is 0 Å². The zero-order valence-electron chi connectivity index (χ0n) is 7.84. The van der Waals surface area contributed by atoms with E-state index < -0.39 is 5.82 Å². The van der Waals surface area contributed by atoms with E-state index in [4.69, 9.17) is 11.6 Å². The molecule has 0 atom stereocenters. The first-order valence-electron chi connectivity index (χ1n) is 4.52. The van der Waals surface area contributed by atoms with Crippen LogP contribution in [0.5, 0.6) is 0 Å². The van der Waals surface area contributed by atoms with Gasteiger partial charge in [0.05, 0.1) is 17.0 Å². The van der Waals surface area contributed by atoms with Gasteiger partial charge in [-0.25, -0.2) is 4.39 Å². The Morgan fingerprint density at radius 1 is 1.53 bits per heavy atom. The van der Waals surface area contributed by atoms with E-state index in [9.17, 15) is 9.18 Å². The predicted molar refractivity (Wildman–Crippen MR) is 54.5 cm³/mol. The summed E-state index contributed by atoms with van der Waals surface area (Å²) in [4.78, 5) is 10.9. The number of hydrazine groups is 1. The van der Waals surface area contributed by atoms with Crippen LogP contribution in [0.3, 0.4) is 0 Å². The number of carbonyl (C=O) groups is 1. The summed E-state index contributed by atoms with van der Waals surface area (Å²) in [5, 5.41) is 0.330. The maximum absolute atomic E-state index is 13.3. The van der Waals surface area contributed by atoms with Crippen molar-refractivity contribution < 1.29 is 13.9 Å². The van der Waals surface area contributed by atoms with Gasteiger partial charge in [-0.1, -0.05) is 17.7 Å². The molecule has 0 spiro atoms. The molecule has 2 rings (SSSR count). The van der Waals surface area contributed by atoms with Gasteiger partial charge in [-0.05, 0) is 12.1 Å². The summed E-state index contributed by atoms with van der Waals surface area (Å²) in [7, 11) is 0. The van der Waals surface area contributed by atoms with Gasteiger partial charge in [-0.15, -0.1) is 10.1 Å². The first-order valence-corrected chi connectivity index (χ1v) is 4.89. The van der Waals surface area contributed by atoms with Crippen molar-refractivity contribution in [3.8, 4) is 0 Å². The summed E-state index contributed by atoms with van der Waals surface area (Å²) >= 11 is 5.83. The molecule has 1 amide bonds. The predicted octanol–water partition coefficient (Wildman–Crippen LogP) is 1.35. The molecular formula is C10H9ClFN2O+. The van der Waals surface area contributed by atoms with Crippen LogP contribution in [-0.4, -0.2) is 23.4 Å². The third-order valence-corrected chi connectivity index (χ3v) is 2.46. The molecule has 1 aliphatic heterocycles. The fourth-order valence-corrected chi connectivity index (χ4v) is 1.59. The monoisotopic (exact) mass is 227 g/mol. The van der Waals surface area contributed by atoms with Gasteiger partial charge >= 0.3 is 0 Å². The molecule has 0 aliphatic carbocycles. The zero-order chi connectivity index (χ0) is 10.8. The molecule has 0 aromatic heterocycles. The Morgan fingerprint density at radius 2 is 2.33 bits per heavy atom. The first kappa shape index (κ1) is 10.1. The highest BCUT2D eigenvalue weighted by atomic mass is 35.5. The number of hydrogen-bond donors (Lipinski definition) is 1. The first-order chi connectivity index (χ1) is 7.16. The minimum absolute atomic E-state index is 0.0706. The summed E-state index contributed by atoms with van der Waals surface area (Å²) in [5.41, 5.74) is 2.86. The van der Waals surface area contributed by atoms with E-state index in [-0.39, 0.29) is 5.91 Å². The molecule has 0 radical (unpaired) electrons. The Hall–Kier alpha value is -1.42. The van der Waals surface area contributed by atoms with Crippen molar-refractivity contribution in [1.82, 2.24) is 5.43 Å². The van der Waals surface area contributed by atoms with Crippen LogP contribution in [0.15, 0.2) is 18.2 Å². The van der Waals surface area contributed by atoms with Gasteiger partial charge in [0.25, 0.3) is 5.91 Å². The van der Waals surface area contributed by atoms with E-state index in [0.29, 0.717) is 23.6 Å². The summed E-state index contributed by atoms with van der Waals surface area (Å²) < 4.78 is 14.9. The lowest BCUT2D eigenvalue weighted by molar-refractivity contribution is -0.553. The number of rotatable bonds is 1. The smallest absolute Gasteiger partial charge is 0.269 e.